The minimum Gasteiger partial charge on any atom is -0.385 e. The molecule has 0 saturated heterocycles. The van der Waals surface area contributed by atoms with Gasteiger partial charge < -0.3 is 5.73 Å². The quantitative estimate of drug-likeness (QED) is 0.843. The third-order valence-electron chi connectivity index (χ3n) is 2.13. The lowest BCUT2D eigenvalue weighted by Crippen LogP contribution is -2.20. The van der Waals surface area contributed by atoms with E-state index in [1.54, 1.807) is 0 Å². The van der Waals surface area contributed by atoms with Gasteiger partial charge in [0.05, 0.1) is 12.1 Å². The first-order chi connectivity index (χ1) is 7.08. The monoisotopic (exact) mass is 267 g/mol. The normalized spacial score (nSPS) is 15.7. The molecule has 4 nitrogen and oxygen atoms in total. The SMILES string of the molecule is Cc1ccc(N2N=C(N)CC2=O)c(Br)c1. The molecule has 1 aromatic rings. The third kappa shape index (κ3) is 1.87. The van der Waals surface area contributed by atoms with Crippen molar-refractivity contribution in [1.82, 2.24) is 0 Å². The molecule has 5 heteroatoms. The molecular formula is C10H10BrN3O. The van der Waals surface area contributed by atoms with Crippen LogP contribution in [0.1, 0.15) is 12.0 Å². The Labute approximate surface area is 95.9 Å². The van der Waals surface area contributed by atoms with Gasteiger partial charge >= 0.3 is 0 Å². The Morgan fingerprint density at radius 3 is 2.80 bits per heavy atom. The predicted molar refractivity (Wildman–Crippen MR) is 62.6 cm³/mol. The lowest BCUT2D eigenvalue weighted by atomic mass is 10.2. The summed E-state index contributed by atoms with van der Waals surface area (Å²) in [5.74, 6) is 0.254. The lowest BCUT2D eigenvalue weighted by Gasteiger charge is -2.13. The molecule has 78 valence electrons. The van der Waals surface area contributed by atoms with Crippen molar-refractivity contribution >= 4 is 33.4 Å². The number of nitrogens with two attached hydrogens (primary N) is 1. The van der Waals surface area contributed by atoms with E-state index in [2.05, 4.69) is 21.0 Å². The van der Waals surface area contributed by atoms with Crippen LogP contribution in [0, 0.1) is 6.92 Å². The fourth-order valence-corrected chi connectivity index (χ4v) is 2.08. The van der Waals surface area contributed by atoms with Crippen LogP contribution in [0.3, 0.4) is 0 Å². The topological polar surface area (TPSA) is 58.7 Å². The molecule has 2 N–H and O–H groups in total. The number of carbonyl (C=O) groups excluding carboxylic acids is 1. The van der Waals surface area contributed by atoms with E-state index in [0.717, 1.165) is 15.7 Å². The average molecular weight is 268 g/mol. The maximum atomic E-state index is 11.5. The van der Waals surface area contributed by atoms with Crippen LogP contribution in [-0.4, -0.2) is 11.7 Å². The van der Waals surface area contributed by atoms with Gasteiger partial charge in [-0.2, -0.15) is 10.1 Å². The number of nitrogens with zero attached hydrogens (tertiary/aromatic N) is 2. The standard InChI is InChI=1S/C10H10BrN3O/c1-6-2-3-8(7(11)4-6)14-10(15)5-9(12)13-14/h2-4H,5H2,1H3,(H2,12,13). The number of amides is 1. The number of hydrogen-bond acceptors (Lipinski definition) is 3. The fraction of sp³-hybridized carbons (Fsp3) is 0.200. The van der Waals surface area contributed by atoms with Crippen molar-refractivity contribution in [1.29, 1.82) is 0 Å². The summed E-state index contributed by atoms with van der Waals surface area (Å²) in [5, 5.41) is 5.31. The molecule has 0 spiro atoms. The van der Waals surface area contributed by atoms with E-state index >= 15 is 0 Å². The highest BCUT2D eigenvalue weighted by Crippen LogP contribution is 2.29. The van der Waals surface area contributed by atoms with Crippen molar-refractivity contribution < 1.29 is 4.79 Å². The molecule has 0 bridgehead atoms. The summed E-state index contributed by atoms with van der Waals surface area (Å²) in [6.45, 7) is 1.98. The molecule has 0 aromatic heterocycles. The maximum Gasteiger partial charge on any atom is 0.255 e. The summed E-state index contributed by atoms with van der Waals surface area (Å²) in [5.41, 5.74) is 7.35. The lowest BCUT2D eigenvalue weighted by molar-refractivity contribution is -0.116. The summed E-state index contributed by atoms with van der Waals surface area (Å²) in [6, 6.07) is 5.71. The number of rotatable bonds is 1. The van der Waals surface area contributed by atoms with Crippen LogP contribution in [0.2, 0.25) is 0 Å². The van der Waals surface area contributed by atoms with Gasteiger partial charge in [0, 0.05) is 4.47 Å². The molecule has 1 aliphatic heterocycles. The number of amidine groups is 1. The van der Waals surface area contributed by atoms with Crippen LogP contribution in [0.4, 0.5) is 5.69 Å². The van der Waals surface area contributed by atoms with Crippen molar-refractivity contribution in [2.75, 3.05) is 5.01 Å². The van der Waals surface area contributed by atoms with E-state index in [1.807, 2.05) is 25.1 Å². The van der Waals surface area contributed by atoms with E-state index in [4.69, 9.17) is 5.73 Å². The molecule has 0 fully saturated rings. The molecule has 0 aliphatic carbocycles. The molecule has 0 radical (unpaired) electrons. The molecule has 15 heavy (non-hydrogen) atoms. The number of hydrogen-bond donors (Lipinski definition) is 1. The summed E-state index contributed by atoms with van der Waals surface area (Å²) < 4.78 is 0.842. The van der Waals surface area contributed by atoms with Gasteiger partial charge in [-0.25, -0.2) is 0 Å². The van der Waals surface area contributed by atoms with E-state index in [1.165, 1.54) is 5.01 Å². The van der Waals surface area contributed by atoms with Crippen molar-refractivity contribution in [3.63, 3.8) is 0 Å². The van der Waals surface area contributed by atoms with Crippen molar-refractivity contribution in [3.05, 3.63) is 28.2 Å². The number of aryl methyl sites for hydroxylation is 1. The number of benzene rings is 1. The fourth-order valence-electron chi connectivity index (χ4n) is 1.42. The number of anilines is 1. The van der Waals surface area contributed by atoms with E-state index in [-0.39, 0.29) is 12.3 Å². The van der Waals surface area contributed by atoms with Gasteiger partial charge in [-0.3, -0.25) is 4.79 Å². The number of halogens is 1. The van der Waals surface area contributed by atoms with Gasteiger partial charge in [0.25, 0.3) is 5.91 Å². The molecule has 2 rings (SSSR count). The third-order valence-corrected chi connectivity index (χ3v) is 2.76. The molecule has 0 saturated carbocycles. The van der Waals surface area contributed by atoms with Gasteiger partial charge in [-0.05, 0) is 40.5 Å². The molecule has 1 heterocycles. The molecule has 0 atom stereocenters. The van der Waals surface area contributed by atoms with Gasteiger partial charge in [-0.15, -0.1) is 0 Å². The van der Waals surface area contributed by atoms with Crippen LogP contribution in [0.5, 0.6) is 0 Å². The Morgan fingerprint density at radius 1 is 1.53 bits per heavy atom. The highest BCUT2D eigenvalue weighted by molar-refractivity contribution is 9.10. The van der Waals surface area contributed by atoms with Gasteiger partial charge in [0.2, 0.25) is 0 Å². The zero-order valence-electron chi connectivity index (χ0n) is 8.20. The average Bonchev–Trinajstić information content (AvgIpc) is 2.45. The Bertz CT molecular complexity index is 456. The van der Waals surface area contributed by atoms with Crippen LogP contribution in [0.25, 0.3) is 0 Å². The summed E-state index contributed by atoms with van der Waals surface area (Å²) >= 11 is 3.40. The zero-order valence-corrected chi connectivity index (χ0v) is 9.78. The first-order valence-electron chi connectivity index (χ1n) is 4.50. The van der Waals surface area contributed by atoms with Gasteiger partial charge in [-0.1, -0.05) is 6.07 Å². The highest BCUT2D eigenvalue weighted by Gasteiger charge is 2.24. The second-order valence-electron chi connectivity index (χ2n) is 3.43. The van der Waals surface area contributed by atoms with Gasteiger partial charge in [0.1, 0.15) is 5.84 Å². The van der Waals surface area contributed by atoms with Crippen LogP contribution < -0.4 is 10.7 Å². The molecule has 1 amide bonds. The zero-order chi connectivity index (χ0) is 11.0. The minimum absolute atomic E-state index is 0.1000. The Balaban J connectivity index is 2.42. The van der Waals surface area contributed by atoms with Crippen LogP contribution in [0.15, 0.2) is 27.8 Å². The molecule has 1 aliphatic rings. The first-order valence-corrected chi connectivity index (χ1v) is 5.29. The summed E-state index contributed by atoms with van der Waals surface area (Å²) in [6.07, 6.45) is 0.195. The van der Waals surface area contributed by atoms with Gasteiger partial charge in [0.15, 0.2) is 0 Å². The molecule has 0 unspecified atom stereocenters. The molecular weight excluding hydrogens is 258 g/mol. The summed E-state index contributed by atoms with van der Waals surface area (Å²) in [4.78, 5) is 11.5. The maximum absolute atomic E-state index is 11.5. The van der Waals surface area contributed by atoms with E-state index < -0.39 is 0 Å². The number of hydrazone groups is 1. The summed E-state index contributed by atoms with van der Waals surface area (Å²) in [7, 11) is 0. The second-order valence-corrected chi connectivity index (χ2v) is 4.28. The van der Waals surface area contributed by atoms with E-state index in [9.17, 15) is 4.79 Å². The number of carbonyl (C=O) groups is 1. The van der Waals surface area contributed by atoms with Crippen molar-refractivity contribution in [3.8, 4) is 0 Å². The predicted octanol–water partition coefficient (Wildman–Crippen LogP) is 1.77. The first kappa shape index (κ1) is 10.2. The minimum atomic E-state index is -0.1000. The van der Waals surface area contributed by atoms with Crippen molar-refractivity contribution in [2.45, 2.75) is 13.3 Å². The Hall–Kier alpha value is -1.36. The Kier molecular flexibility index (Phi) is 2.48. The highest BCUT2D eigenvalue weighted by atomic mass is 79.9. The smallest absolute Gasteiger partial charge is 0.255 e. The Morgan fingerprint density at radius 2 is 2.27 bits per heavy atom. The van der Waals surface area contributed by atoms with Crippen molar-refractivity contribution in [2.24, 2.45) is 10.8 Å². The van der Waals surface area contributed by atoms with Crippen LogP contribution in [-0.2, 0) is 4.79 Å². The second kappa shape index (κ2) is 3.66. The van der Waals surface area contributed by atoms with E-state index in [0.29, 0.717) is 5.84 Å². The largest absolute Gasteiger partial charge is 0.385 e. The molecule has 1 aromatic carbocycles. The van der Waals surface area contributed by atoms with Crippen LogP contribution >= 0.6 is 15.9 Å².